The summed E-state index contributed by atoms with van der Waals surface area (Å²) in [7, 11) is 0. The van der Waals surface area contributed by atoms with Crippen molar-refractivity contribution in [2.75, 3.05) is 6.54 Å². The number of rotatable bonds is 3. The highest BCUT2D eigenvalue weighted by molar-refractivity contribution is 5.92. The van der Waals surface area contributed by atoms with Crippen LogP contribution >= 0.6 is 0 Å². The molecule has 0 aromatic carbocycles. The molecule has 14 heavy (non-hydrogen) atoms. The summed E-state index contributed by atoms with van der Waals surface area (Å²) < 4.78 is 5.00. The van der Waals surface area contributed by atoms with E-state index in [1.54, 1.807) is 17.0 Å². The standard InChI is InChI=1S/C10H10N2O2/c11-5-6-12(8-3-4-8)10(13)9-2-1-7-14-9/h1-2,7-8H,3-4,6H2. The lowest BCUT2D eigenvalue weighted by Gasteiger charge is -2.16. The number of furan rings is 1. The van der Waals surface area contributed by atoms with Gasteiger partial charge in [0, 0.05) is 6.04 Å². The molecule has 1 amide bonds. The van der Waals surface area contributed by atoms with E-state index >= 15 is 0 Å². The van der Waals surface area contributed by atoms with Gasteiger partial charge in [0.05, 0.1) is 12.3 Å². The molecule has 1 heterocycles. The molecule has 4 heteroatoms. The Morgan fingerprint density at radius 3 is 3.00 bits per heavy atom. The first-order valence-corrected chi connectivity index (χ1v) is 4.54. The van der Waals surface area contributed by atoms with E-state index in [2.05, 4.69) is 0 Å². The van der Waals surface area contributed by atoms with Gasteiger partial charge in [-0.2, -0.15) is 5.26 Å². The second-order valence-corrected chi connectivity index (χ2v) is 3.30. The first-order valence-electron chi connectivity index (χ1n) is 4.54. The number of nitriles is 1. The summed E-state index contributed by atoms with van der Waals surface area (Å²) in [4.78, 5) is 13.3. The number of carbonyl (C=O) groups excluding carboxylic acids is 1. The fourth-order valence-corrected chi connectivity index (χ4v) is 1.37. The number of carbonyl (C=O) groups is 1. The van der Waals surface area contributed by atoms with Gasteiger partial charge in [-0.25, -0.2) is 0 Å². The lowest BCUT2D eigenvalue weighted by Crippen LogP contribution is -2.33. The topological polar surface area (TPSA) is 57.2 Å². The van der Waals surface area contributed by atoms with Crippen LogP contribution in [0.25, 0.3) is 0 Å². The van der Waals surface area contributed by atoms with E-state index in [-0.39, 0.29) is 18.5 Å². The fraction of sp³-hybridized carbons (Fsp3) is 0.400. The molecule has 1 aromatic rings. The molecule has 4 nitrogen and oxygen atoms in total. The second-order valence-electron chi connectivity index (χ2n) is 3.30. The van der Waals surface area contributed by atoms with Crippen molar-refractivity contribution in [3.63, 3.8) is 0 Å². The van der Waals surface area contributed by atoms with Crippen LogP contribution in [0.3, 0.4) is 0 Å². The van der Waals surface area contributed by atoms with Gasteiger partial charge in [-0.1, -0.05) is 0 Å². The van der Waals surface area contributed by atoms with Crippen molar-refractivity contribution in [3.8, 4) is 6.07 Å². The maximum Gasteiger partial charge on any atom is 0.290 e. The third-order valence-electron chi connectivity index (χ3n) is 2.22. The third-order valence-corrected chi connectivity index (χ3v) is 2.22. The molecule has 1 aromatic heterocycles. The molecule has 0 unspecified atom stereocenters. The van der Waals surface area contributed by atoms with Crippen LogP contribution in [0.5, 0.6) is 0 Å². The molecular formula is C10H10N2O2. The van der Waals surface area contributed by atoms with Gasteiger partial charge in [0.2, 0.25) is 0 Å². The van der Waals surface area contributed by atoms with E-state index in [4.69, 9.17) is 9.68 Å². The van der Waals surface area contributed by atoms with E-state index in [1.165, 1.54) is 6.26 Å². The zero-order valence-corrected chi connectivity index (χ0v) is 7.64. The van der Waals surface area contributed by atoms with Crippen LogP contribution in [-0.4, -0.2) is 23.4 Å². The fourth-order valence-electron chi connectivity index (χ4n) is 1.37. The molecule has 0 saturated heterocycles. The predicted octanol–water partition coefficient (Wildman–Crippen LogP) is 1.41. The minimum absolute atomic E-state index is 0.143. The van der Waals surface area contributed by atoms with Crippen LogP contribution in [0.15, 0.2) is 22.8 Å². The molecule has 1 saturated carbocycles. The molecule has 2 rings (SSSR count). The normalized spacial score (nSPS) is 14.8. The highest BCUT2D eigenvalue weighted by atomic mass is 16.3. The van der Waals surface area contributed by atoms with Gasteiger partial charge in [-0.05, 0) is 25.0 Å². The summed E-state index contributed by atoms with van der Waals surface area (Å²) >= 11 is 0. The SMILES string of the molecule is N#CCN(C(=O)c1ccco1)C1CC1. The monoisotopic (exact) mass is 190 g/mol. The van der Waals surface area contributed by atoms with Crippen molar-refractivity contribution in [1.29, 1.82) is 5.26 Å². The first-order chi connectivity index (χ1) is 6.83. The first kappa shape index (κ1) is 8.82. The summed E-state index contributed by atoms with van der Waals surface area (Å²) in [5, 5.41) is 8.59. The molecule has 0 N–H and O–H groups in total. The Hall–Kier alpha value is -1.76. The zero-order valence-electron chi connectivity index (χ0n) is 7.64. The molecule has 0 spiro atoms. The van der Waals surface area contributed by atoms with Gasteiger partial charge in [0.15, 0.2) is 5.76 Å². The van der Waals surface area contributed by atoms with Gasteiger partial charge in [0.25, 0.3) is 5.91 Å². The van der Waals surface area contributed by atoms with E-state index in [9.17, 15) is 4.79 Å². The van der Waals surface area contributed by atoms with Crippen molar-refractivity contribution in [2.24, 2.45) is 0 Å². The number of hydrogen-bond acceptors (Lipinski definition) is 3. The third kappa shape index (κ3) is 1.62. The summed E-state index contributed by atoms with van der Waals surface area (Å²) in [5.41, 5.74) is 0. The van der Waals surface area contributed by atoms with Gasteiger partial charge in [0.1, 0.15) is 6.54 Å². The number of amides is 1. The Labute approximate surface area is 81.7 Å². The highest BCUT2D eigenvalue weighted by Gasteiger charge is 2.33. The smallest absolute Gasteiger partial charge is 0.290 e. The molecule has 0 radical (unpaired) electrons. The van der Waals surface area contributed by atoms with Crippen molar-refractivity contribution < 1.29 is 9.21 Å². The molecule has 0 bridgehead atoms. The van der Waals surface area contributed by atoms with Crippen molar-refractivity contribution >= 4 is 5.91 Å². The van der Waals surface area contributed by atoms with Crippen LogP contribution in [0.2, 0.25) is 0 Å². The van der Waals surface area contributed by atoms with Gasteiger partial charge >= 0.3 is 0 Å². The summed E-state index contributed by atoms with van der Waals surface area (Å²) in [6.07, 6.45) is 3.45. The minimum atomic E-state index is -0.181. The summed E-state index contributed by atoms with van der Waals surface area (Å²) in [6.45, 7) is 0.143. The van der Waals surface area contributed by atoms with E-state index < -0.39 is 0 Å². The van der Waals surface area contributed by atoms with Gasteiger partial charge in [-0.3, -0.25) is 4.79 Å². The van der Waals surface area contributed by atoms with Gasteiger partial charge < -0.3 is 9.32 Å². The van der Waals surface area contributed by atoms with Crippen molar-refractivity contribution in [1.82, 2.24) is 4.90 Å². The average Bonchev–Trinajstić information content (AvgIpc) is 2.88. The van der Waals surface area contributed by atoms with Crippen LogP contribution in [0.1, 0.15) is 23.4 Å². The van der Waals surface area contributed by atoms with Crippen molar-refractivity contribution in [2.45, 2.75) is 18.9 Å². The lowest BCUT2D eigenvalue weighted by atomic mass is 10.3. The Morgan fingerprint density at radius 1 is 1.71 bits per heavy atom. The largest absolute Gasteiger partial charge is 0.459 e. The summed E-state index contributed by atoms with van der Waals surface area (Å²) in [6, 6.07) is 5.53. The minimum Gasteiger partial charge on any atom is -0.459 e. The van der Waals surface area contributed by atoms with E-state index in [0.717, 1.165) is 12.8 Å². The Balaban J connectivity index is 2.11. The number of hydrogen-bond donors (Lipinski definition) is 0. The van der Waals surface area contributed by atoms with Gasteiger partial charge in [-0.15, -0.1) is 0 Å². The summed E-state index contributed by atoms with van der Waals surface area (Å²) in [5.74, 6) is 0.131. The molecule has 0 atom stereocenters. The molecular weight excluding hydrogens is 180 g/mol. The Bertz CT molecular complexity index is 360. The van der Waals surface area contributed by atoms with E-state index in [0.29, 0.717) is 5.76 Å². The lowest BCUT2D eigenvalue weighted by molar-refractivity contribution is 0.0733. The molecule has 1 aliphatic carbocycles. The van der Waals surface area contributed by atoms with Crippen LogP contribution in [0.4, 0.5) is 0 Å². The molecule has 1 aliphatic rings. The van der Waals surface area contributed by atoms with Crippen LogP contribution in [-0.2, 0) is 0 Å². The zero-order chi connectivity index (χ0) is 9.97. The predicted molar refractivity (Wildman–Crippen MR) is 48.4 cm³/mol. The van der Waals surface area contributed by atoms with Crippen LogP contribution < -0.4 is 0 Å². The van der Waals surface area contributed by atoms with E-state index in [1.807, 2.05) is 6.07 Å². The highest BCUT2D eigenvalue weighted by Crippen LogP contribution is 2.27. The Kier molecular flexibility index (Phi) is 2.23. The maximum absolute atomic E-state index is 11.8. The van der Waals surface area contributed by atoms with Crippen molar-refractivity contribution in [3.05, 3.63) is 24.2 Å². The quantitative estimate of drug-likeness (QED) is 0.677. The average molecular weight is 190 g/mol. The second kappa shape index (κ2) is 3.54. The molecule has 72 valence electrons. The molecule has 0 aliphatic heterocycles. The van der Waals surface area contributed by atoms with Crippen LogP contribution in [0, 0.1) is 11.3 Å². The Morgan fingerprint density at radius 2 is 2.50 bits per heavy atom. The molecule has 1 fully saturated rings. The maximum atomic E-state index is 11.8. The number of nitrogens with zero attached hydrogens (tertiary/aromatic N) is 2.